The summed E-state index contributed by atoms with van der Waals surface area (Å²) in [4.78, 5) is 12.7. The molecule has 0 saturated heterocycles. The van der Waals surface area contributed by atoms with Gasteiger partial charge in [-0.05, 0) is 54.4 Å². The standard InChI is InChI=1S/C23H19N3O3/c1-16-7-10-19(23-26-24-15-29-23)13-21(16)25-22(27)18-11-8-17(9-12-18)14-28-20-5-3-2-4-6-20/h2-13,15H,14H2,1H3,(H,25,27). The Morgan fingerprint density at radius 1 is 1.03 bits per heavy atom. The van der Waals surface area contributed by atoms with Crippen molar-refractivity contribution >= 4 is 11.6 Å². The molecule has 29 heavy (non-hydrogen) atoms. The number of hydrogen-bond donors (Lipinski definition) is 1. The molecule has 1 aromatic heterocycles. The average Bonchev–Trinajstić information content (AvgIpc) is 3.30. The molecular weight excluding hydrogens is 366 g/mol. The molecule has 0 radical (unpaired) electrons. The molecule has 1 N–H and O–H groups in total. The lowest BCUT2D eigenvalue weighted by molar-refractivity contribution is 0.102. The fourth-order valence-electron chi connectivity index (χ4n) is 2.82. The summed E-state index contributed by atoms with van der Waals surface area (Å²) in [5.74, 6) is 1.03. The fraction of sp³-hybridized carbons (Fsp3) is 0.0870. The zero-order chi connectivity index (χ0) is 20.1. The number of benzene rings is 3. The molecule has 4 aromatic rings. The number of nitrogens with one attached hydrogen (secondary N) is 1. The van der Waals surface area contributed by atoms with E-state index in [-0.39, 0.29) is 5.91 Å². The van der Waals surface area contributed by atoms with Crippen LogP contribution in [-0.2, 0) is 6.61 Å². The Hall–Kier alpha value is -3.93. The summed E-state index contributed by atoms with van der Waals surface area (Å²) in [5, 5.41) is 10.5. The van der Waals surface area contributed by atoms with Crippen LogP contribution in [0.4, 0.5) is 5.69 Å². The third kappa shape index (κ3) is 4.50. The number of amides is 1. The molecule has 0 unspecified atom stereocenters. The maximum Gasteiger partial charge on any atom is 0.255 e. The third-order valence-corrected chi connectivity index (χ3v) is 4.46. The number of hydrogen-bond acceptors (Lipinski definition) is 5. The molecule has 0 atom stereocenters. The second kappa shape index (κ2) is 8.39. The monoisotopic (exact) mass is 385 g/mol. The summed E-state index contributed by atoms with van der Waals surface area (Å²) < 4.78 is 11.0. The quantitative estimate of drug-likeness (QED) is 0.512. The topological polar surface area (TPSA) is 77.3 Å². The van der Waals surface area contributed by atoms with Crippen LogP contribution >= 0.6 is 0 Å². The Kier molecular flexibility index (Phi) is 5.33. The molecule has 3 aromatic carbocycles. The Morgan fingerprint density at radius 2 is 1.83 bits per heavy atom. The number of carbonyl (C=O) groups excluding carboxylic acids is 1. The zero-order valence-corrected chi connectivity index (χ0v) is 15.8. The largest absolute Gasteiger partial charge is 0.489 e. The van der Waals surface area contributed by atoms with Crippen LogP contribution in [0.15, 0.2) is 83.6 Å². The first-order valence-electron chi connectivity index (χ1n) is 9.14. The number of ether oxygens (including phenoxy) is 1. The predicted molar refractivity (Wildman–Crippen MR) is 110 cm³/mol. The number of aromatic nitrogens is 2. The van der Waals surface area contributed by atoms with E-state index in [4.69, 9.17) is 9.15 Å². The van der Waals surface area contributed by atoms with Crippen LogP contribution in [-0.4, -0.2) is 16.1 Å². The Balaban J connectivity index is 1.43. The minimum atomic E-state index is -0.189. The van der Waals surface area contributed by atoms with E-state index in [1.165, 1.54) is 6.39 Å². The molecule has 0 aliphatic rings. The van der Waals surface area contributed by atoms with E-state index in [0.717, 1.165) is 22.4 Å². The van der Waals surface area contributed by atoms with Crippen molar-refractivity contribution in [1.29, 1.82) is 0 Å². The maximum atomic E-state index is 12.7. The number of nitrogens with zero attached hydrogens (tertiary/aromatic N) is 2. The first-order chi connectivity index (χ1) is 14.2. The molecule has 6 heteroatoms. The minimum absolute atomic E-state index is 0.189. The van der Waals surface area contributed by atoms with Gasteiger partial charge in [0.1, 0.15) is 12.4 Å². The molecule has 0 aliphatic carbocycles. The first-order valence-corrected chi connectivity index (χ1v) is 9.14. The van der Waals surface area contributed by atoms with E-state index in [1.807, 2.05) is 67.6 Å². The van der Waals surface area contributed by atoms with Crippen LogP contribution < -0.4 is 10.1 Å². The van der Waals surface area contributed by atoms with Crippen LogP contribution in [0.25, 0.3) is 11.5 Å². The highest BCUT2D eigenvalue weighted by Crippen LogP contribution is 2.24. The van der Waals surface area contributed by atoms with E-state index in [2.05, 4.69) is 15.5 Å². The molecule has 4 rings (SSSR count). The number of carbonyl (C=O) groups is 1. The summed E-state index contributed by atoms with van der Waals surface area (Å²) >= 11 is 0. The SMILES string of the molecule is Cc1ccc(-c2nnco2)cc1NC(=O)c1ccc(COc2ccccc2)cc1. The van der Waals surface area contributed by atoms with Crippen LogP contribution in [0.2, 0.25) is 0 Å². The van der Waals surface area contributed by atoms with E-state index in [0.29, 0.717) is 23.7 Å². The van der Waals surface area contributed by atoms with Crippen molar-refractivity contribution in [3.63, 3.8) is 0 Å². The lowest BCUT2D eigenvalue weighted by Gasteiger charge is -2.10. The highest BCUT2D eigenvalue weighted by molar-refractivity contribution is 6.04. The maximum absolute atomic E-state index is 12.7. The van der Waals surface area contributed by atoms with Crippen LogP contribution in [0, 0.1) is 6.92 Å². The van der Waals surface area contributed by atoms with Gasteiger partial charge in [-0.1, -0.05) is 36.4 Å². The smallest absolute Gasteiger partial charge is 0.255 e. The molecule has 0 bridgehead atoms. The Labute approximate surface area is 168 Å². The Bertz CT molecular complexity index is 1090. The Morgan fingerprint density at radius 3 is 2.55 bits per heavy atom. The summed E-state index contributed by atoms with van der Waals surface area (Å²) in [6, 6.07) is 22.6. The van der Waals surface area contributed by atoms with Gasteiger partial charge in [-0.25, -0.2) is 0 Å². The molecule has 0 saturated carbocycles. The van der Waals surface area contributed by atoms with Gasteiger partial charge in [0, 0.05) is 16.8 Å². The van der Waals surface area contributed by atoms with E-state index in [1.54, 1.807) is 12.1 Å². The molecule has 1 heterocycles. The average molecular weight is 385 g/mol. The molecule has 0 aliphatic heterocycles. The summed E-state index contributed by atoms with van der Waals surface area (Å²) in [6.45, 7) is 2.37. The fourth-order valence-corrected chi connectivity index (χ4v) is 2.82. The summed E-state index contributed by atoms with van der Waals surface area (Å²) in [6.07, 6.45) is 1.27. The lowest BCUT2D eigenvalue weighted by Crippen LogP contribution is -2.13. The lowest BCUT2D eigenvalue weighted by atomic mass is 10.1. The second-order valence-electron chi connectivity index (χ2n) is 6.53. The normalized spacial score (nSPS) is 10.5. The van der Waals surface area contributed by atoms with Crippen molar-refractivity contribution in [1.82, 2.24) is 10.2 Å². The van der Waals surface area contributed by atoms with Crippen molar-refractivity contribution in [3.8, 4) is 17.2 Å². The van der Waals surface area contributed by atoms with Gasteiger partial charge >= 0.3 is 0 Å². The molecule has 0 spiro atoms. The van der Waals surface area contributed by atoms with Gasteiger partial charge in [0.15, 0.2) is 0 Å². The zero-order valence-electron chi connectivity index (χ0n) is 15.8. The van der Waals surface area contributed by atoms with Crippen molar-refractivity contribution < 1.29 is 13.9 Å². The predicted octanol–water partition coefficient (Wildman–Crippen LogP) is 4.88. The van der Waals surface area contributed by atoms with Gasteiger partial charge in [0.25, 0.3) is 5.91 Å². The van der Waals surface area contributed by atoms with Crippen LogP contribution in [0.1, 0.15) is 21.5 Å². The van der Waals surface area contributed by atoms with Crippen molar-refractivity contribution in [2.45, 2.75) is 13.5 Å². The van der Waals surface area contributed by atoms with Crippen molar-refractivity contribution in [2.75, 3.05) is 5.32 Å². The number of para-hydroxylation sites is 1. The van der Waals surface area contributed by atoms with Crippen molar-refractivity contribution in [3.05, 3.63) is 95.9 Å². The minimum Gasteiger partial charge on any atom is -0.489 e. The van der Waals surface area contributed by atoms with Gasteiger partial charge < -0.3 is 14.5 Å². The number of anilines is 1. The summed E-state index contributed by atoms with van der Waals surface area (Å²) in [5.41, 5.74) is 3.93. The molecule has 6 nitrogen and oxygen atoms in total. The van der Waals surface area contributed by atoms with E-state index >= 15 is 0 Å². The third-order valence-electron chi connectivity index (χ3n) is 4.46. The number of rotatable bonds is 6. The molecule has 1 amide bonds. The summed E-state index contributed by atoms with van der Waals surface area (Å²) in [7, 11) is 0. The van der Waals surface area contributed by atoms with Gasteiger partial charge in [0.05, 0.1) is 0 Å². The van der Waals surface area contributed by atoms with Crippen LogP contribution in [0.5, 0.6) is 5.75 Å². The highest BCUT2D eigenvalue weighted by atomic mass is 16.5. The molecule has 0 fully saturated rings. The highest BCUT2D eigenvalue weighted by Gasteiger charge is 2.11. The molecular formula is C23H19N3O3. The second-order valence-corrected chi connectivity index (χ2v) is 6.53. The van der Waals surface area contributed by atoms with E-state index in [9.17, 15) is 4.79 Å². The van der Waals surface area contributed by atoms with Gasteiger partial charge in [-0.2, -0.15) is 0 Å². The number of aryl methyl sites for hydroxylation is 1. The molecule has 144 valence electrons. The van der Waals surface area contributed by atoms with Gasteiger partial charge in [0.2, 0.25) is 12.3 Å². The van der Waals surface area contributed by atoms with Crippen LogP contribution in [0.3, 0.4) is 0 Å². The van der Waals surface area contributed by atoms with Gasteiger partial charge in [-0.3, -0.25) is 4.79 Å². The first kappa shape index (κ1) is 18.4. The van der Waals surface area contributed by atoms with Crippen molar-refractivity contribution in [2.24, 2.45) is 0 Å². The van der Waals surface area contributed by atoms with E-state index < -0.39 is 0 Å². The van der Waals surface area contributed by atoms with Gasteiger partial charge in [-0.15, -0.1) is 10.2 Å².